The van der Waals surface area contributed by atoms with Gasteiger partial charge in [0.05, 0.1) is 12.6 Å². The van der Waals surface area contributed by atoms with Gasteiger partial charge in [-0.3, -0.25) is 4.99 Å². The molecule has 3 aromatic rings. The van der Waals surface area contributed by atoms with Crippen LogP contribution in [0.2, 0.25) is 0 Å². The number of β-amino-alcohol motifs (C(OH)–C–C–N with tert-alkyl or cyclic N) is 1. The monoisotopic (exact) mass is 506 g/mol. The second-order valence-corrected chi connectivity index (χ2v) is 7.14. The van der Waals surface area contributed by atoms with Crippen LogP contribution in [0, 0.1) is 0 Å². The van der Waals surface area contributed by atoms with Crippen molar-refractivity contribution in [3.63, 3.8) is 0 Å². The summed E-state index contributed by atoms with van der Waals surface area (Å²) in [6.07, 6.45) is 2.52. The lowest BCUT2D eigenvalue weighted by molar-refractivity contribution is 0.146. The van der Waals surface area contributed by atoms with E-state index >= 15 is 0 Å². The Balaban J connectivity index is 0.00000240. The molecular formula is C22H27IN4O2. The number of aliphatic imine (C=N–C) groups is 1. The molecule has 6 nitrogen and oxygen atoms in total. The van der Waals surface area contributed by atoms with Crippen LogP contribution in [-0.4, -0.2) is 53.7 Å². The van der Waals surface area contributed by atoms with Gasteiger partial charge in [0.25, 0.3) is 0 Å². The Bertz CT molecular complexity index is 958. The van der Waals surface area contributed by atoms with Gasteiger partial charge in [-0.25, -0.2) is 0 Å². The van der Waals surface area contributed by atoms with E-state index in [1.165, 1.54) is 5.56 Å². The molecule has 1 unspecified atom stereocenters. The number of ether oxygens (including phenoxy) is 1. The maximum Gasteiger partial charge on any atom is 0.193 e. The number of hydrogen-bond donors (Lipinski definition) is 3. The number of guanidine groups is 1. The van der Waals surface area contributed by atoms with Gasteiger partial charge < -0.3 is 25.0 Å². The van der Waals surface area contributed by atoms with E-state index in [1.807, 2.05) is 42.3 Å². The lowest BCUT2D eigenvalue weighted by Gasteiger charge is -2.28. The van der Waals surface area contributed by atoms with Gasteiger partial charge >= 0.3 is 0 Å². The molecule has 4 rings (SSSR count). The summed E-state index contributed by atoms with van der Waals surface area (Å²) in [6, 6.07) is 16.3. The van der Waals surface area contributed by atoms with Crippen molar-refractivity contribution in [2.45, 2.75) is 19.1 Å². The van der Waals surface area contributed by atoms with Crippen LogP contribution in [0.4, 0.5) is 0 Å². The fraction of sp³-hybridized carbons (Fsp3) is 0.318. The number of aliphatic hydroxyl groups excluding tert-OH is 1. The minimum absolute atomic E-state index is 0. The first-order valence-electron chi connectivity index (χ1n) is 9.64. The van der Waals surface area contributed by atoms with Gasteiger partial charge in [0.1, 0.15) is 12.4 Å². The number of fused-ring (bicyclic) bond motifs is 1. The Morgan fingerprint density at radius 3 is 2.83 bits per heavy atom. The molecule has 0 saturated heterocycles. The highest BCUT2D eigenvalue weighted by atomic mass is 127. The normalized spacial score (nSPS) is 16.3. The van der Waals surface area contributed by atoms with Crippen LogP contribution in [0.15, 0.2) is 59.7 Å². The quantitative estimate of drug-likeness (QED) is 0.450. The average Bonchev–Trinajstić information content (AvgIpc) is 3.13. The Hall–Kier alpha value is -2.26. The zero-order valence-electron chi connectivity index (χ0n) is 16.5. The number of benzene rings is 2. The summed E-state index contributed by atoms with van der Waals surface area (Å²) >= 11 is 0. The predicted octanol–water partition coefficient (Wildman–Crippen LogP) is 3.16. The van der Waals surface area contributed by atoms with Crippen molar-refractivity contribution in [1.29, 1.82) is 0 Å². The fourth-order valence-electron chi connectivity index (χ4n) is 3.55. The largest absolute Gasteiger partial charge is 0.488 e. The summed E-state index contributed by atoms with van der Waals surface area (Å²) in [4.78, 5) is 9.71. The smallest absolute Gasteiger partial charge is 0.193 e. The summed E-state index contributed by atoms with van der Waals surface area (Å²) in [5.74, 6) is 1.73. The van der Waals surface area contributed by atoms with E-state index in [-0.39, 0.29) is 30.1 Å². The molecule has 3 N–H and O–H groups in total. The van der Waals surface area contributed by atoms with Gasteiger partial charge in [-0.1, -0.05) is 36.4 Å². The molecular weight excluding hydrogens is 479 g/mol. The number of hydrogen-bond acceptors (Lipinski definition) is 5. The van der Waals surface area contributed by atoms with E-state index in [0.717, 1.165) is 41.1 Å². The van der Waals surface area contributed by atoms with E-state index in [0.29, 0.717) is 19.7 Å². The van der Waals surface area contributed by atoms with E-state index in [9.17, 15) is 5.11 Å². The molecule has 0 spiro atoms. The van der Waals surface area contributed by atoms with Crippen LogP contribution < -0.4 is 10.1 Å². The SMILES string of the molecule is CN1CC(O)CN=C1NCCc1c[nH]c2cccc(OCc3ccccc3)c12.I. The number of aromatic nitrogens is 1. The molecule has 2 aromatic carbocycles. The van der Waals surface area contributed by atoms with E-state index in [1.54, 1.807) is 0 Å². The highest BCUT2D eigenvalue weighted by Gasteiger charge is 2.17. The highest BCUT2D eigenvalue weighted by molar-refractivity contribution is 14.0. The molecule has 0 saturated carbocycles. The van der Waals surface area contributed by atoms with Crippen molar-refractivity contribution < 1.29 is 9.84 Å². The third kappa shape index (κ3) is 5.22. The van der Waals surface area contributed by atoms with Crippen molar-refractivity contribution in [2.24, 2.45) is 4.99 Å². The fourth-order valence-corrected chi connectivity index (χ4v) is 3.55. The number of aromatic amines is 1. The van der Waals surface area contributed by atoms with Crippen molar-refractivity contribution >= 4 is 40.8 Å². The number of likely N-dealkylation sites (N-methyl/N-ethyl adjacent to an activating group) is 1. The van der Waals surface area contributed by atoms with Gasteiger partial charge in [0.15, 0.2) is 5.96 Å². The van der Waals surface area contributed by atoms with Gasteiger partial charge in [0.2, 0.25) is 0 Å². The summed E-state index contributed by atoms with van der Waals surface area (Å²) in [5, 5.41) is 14.2. The molecule has 7 heteroatoms. The molecule has 0 radical (unpaired) electrons. The molecule has 0 fully saturated rings. The molecule has 1 atom stereocenters. The molecule has 154 valence electrons. The number of nitrogens with one attached hydrogen (secondary N) is 2. The van der Waals surface area contributed by atoms with Crippen molar-refractivity contribution in [3.05, 3.63) is 65.9 Å². The third-order valence-corrected chi connectivity index (χ3v) is 4.96. The van der Waals surface area contributed by atoms with Crippen molar-refractivity contribution in [3.8, 4) is 5.75 Å². The second kappa shape index (κ2) is 9.98. The molecule has 1 aromatic heterocycles. The first-order valence-corrected chi connectivity index (χ1v) is 9.64. The number of halogens is 1. The van der Waals surface area contributed by atoms with Gasteiger partial charge in [-0.05, 0) is 29.7 Å². The summed E-state index contributed by atoms with van der Waals surface area (Å²) in [6.45, 7) is 2.37. The molecule has 0 bridgehead atoms. The molecule has 0 aliphatic carbocycles. The average molecular weight is 506 g/mol. The van der Waals surface area contributed by atoms with Gasteiger partial charge in [0, 0.05) is 37.2 Å². The number of nitrogens with zero attached hydrogens (tertiary/aromatic N) is 2. The molecule has 2 heterocycles. The minimum Gasteiger partial charge on any atom is -0.488 e. The standard InChI is InChI=1S/C22H26N4O2.HI/c1-26-14-18(27)13-25-22(26)23-11-10-17-12-24-19-8-5-9-20(21(17)19)28-15-16-6-3-2-4-7-16;/h2-9,12,18,24,27H,10-11,13-15H2,1H3,(H,23,25);1H. The van der Waals surface area contributed by atoms with Crippen molar-refractivity contribution in [1.82, 2.24) is 15.2 Å². The van der Waals surface area contributed by atoms with Crippen LogP contribution in [0.5, 0.6) is 5.75 Å². The predicted molar refractivity (Wildman–Crippen MR) is 127 cm³/mol. The zero-order chi connectivity index (χ0) is 19.3. The number of rotatable bonds is 6. The first kappa shape index (κ1) is 21.4. The molecule has 1 aliphatic heterocycles. The van der Waals surface area contributed by atoms with E-state index in [2.05, 4.69) is 39.7 Å². The van der Waals surface area contributed by atoms with E-state index < -0.39 is 0 Å². The first-order chi connectivity index (χ1) is 13.7. The third-order valence-electron chi connectivity index (χ3n) is 4.96. The number of H-pyrrole nitrogens is 1. The van der Waals surface area contributed by atoms with E-state index in [4.69, 9.17) is 4.74 Å². The van der Waals surface area contributed by atoms with Crippen LogP contribution in [0.25, 0.3) is 10.9 Å². The zero-order valence-corrected chi connectivity index (χ0v) is 18.8. The highest BCUT2D eigenvalue weighted by Crippen LogP contribution is 2.29. The topological polar surface area (TPSA) is 72.9 Å². The minimum atomic E-state index is -0.381. The Morgan fingerprint density at radius 2 is 2.03 bits per heavy atom. The van der Waals surface area contributed by atoms with Gasteiger partial charge in [-0.15, -0.1) is 24.0 Å². The Kier molecular flexibility index (Phi) is 7.38. The Labute approximate surface area is 188 Å². The van der Waals surface area contributed by atoms with Crippen LogP contribution in [0.1, 0.15) is 11.1 Å². The van der Waals surface area contributed by atoms with Crippen LogP contribution in [0.3, 0.4) is 0 Å². The lowest BCUT2D eigenvalue weighted by Crippen LogP contribution is -2.47. The summed E-state index contributed by atoms with van der Waals surface area (Å²) in [7, 11) is 1.94. The summed E-state index contributed by atoms with van der Waals surface area (Å²) < 4.78 is 6.13. The number of aliphatic hydroxyl groups is 1. The lowest BCUT2D eigenvalue weighted by atomic mass is 10.1. The molecule has 0 amide bonds. The van der Waals surface area contributed by atoms with Crippen molar-refractivity contribution in [2.75, 3.05) is 26.7 Å². The van der Waals surface area contributed by atoms with Gasteiger partial charge in [-0.2, -0.15) is 0 Å². The van der Waals surface area contributed by atoms with Crippen LogP contribution >= 0.6 is 24.0 Å². The Morgan fingerprint density at radius 1 is 1.21 bits per heavy atom. The van der Waals surface area contributed by atoms with Crippen LogP contribution in [-0.2, 0) is 13.0 Å². The second-order valence-electron chi connectivity index (χ2n) is 7.14. The maximum absolute atomic E-state index is 9.66. The summed E-state index contributed by atoms with van der Waals surface area (Å²) in [5.41, 5.74) is 3.44. The maximum atomic E-state index is 9.66. The molecule has 1 aliphatic rings. The molecule has 29 heavy (non-hydrogen) atoms.